The van der Waals surface area contributed by atoms with Crippen LogP contribution in [0.5, 0.6) is 0 Å². The first-order valence-electron chi connectivity index (χ1n) is 12.2. The van der Waals surface area contributed by atoms with Crippen LogP contribution in [0.1, 0.15) is 24.1 Å². The second-order valence-electron chi connectivity index (χ2n) is 9.43. The summed E-state index contributed by atoms with van der Waals surface area (Å²) in [6, 6.07) is 15.7. The summed E-state index contributed by atoms with van der Waals surface area (Å²) in [6.07, 6.45) is 0. The minimum Gasteiger partial charge on any atom is -0.354 e. The number of nitrogens with one attached hydrogen (secondary N) is 1. The first-order chi connectivity index (χ1) is 18.4. The number of rotatable bonds is 10. The fourth-order valence-electron chi connectivity index (χ4n) is 4.58. The van der Waals surface area contributed by atoms with E-state index in [0.717, 1.165) is 27.6 Å². The van der Waals surface area contributed by atoms with Crippen molar-refractivity contribution in [3.05, 3.63) is 99.5 Å². The van der Waals surface area contributed by atoms with E-state index >= 15 is 0 Å². The molecule has 4 rings (SSSR count). The molecule has 12 heteroatoms. The predicted octanol–water partition coefficient (Wildman–Crippen LogP) is 4.35. The van der Waals surface area contributed by atoms with Crippen LogP contribution >= 0.6 is 23.2 Å². The average molecular weight is 598 g/mol. The SMILES string of the molecule is CC(N)C(=O)NCCS(=O)(=O)N(c1cc(F)cc(F)c1)C1CN(C(c2ccc(Cl)cc2)c2ccc(Cl)cc2)C1. The van der Waals surface area contributed by atoms with Crippen molar-refractivity contribution in [1.29, 1.82) is 0 Å². The van der Waals surface area contributed by atoms with Gasteiger partial charge >= 0.3 is 0 Å². The van der Waals surface area contributed by atoms with E-state index in [9.17, 15) is 22.0 Å². The van der Waals surface area contributed by atoms with Crippen molar-refractivity contribution in [3.8, 4) is 0 Å². The molecular formula is C27H28Cl2F2N4O3S. The maximum absolute atomic E-state index is 14.2. The molecule has 0 radical (unpaired) electrons. The van der Waals surface area contributed by atoms with Crippen LogP contribution in [0.2, 0.25) is 10.0 Å². The number of benzene rings is 3. The zero-order valence-corrected chi connectivity index (χ0v) is 23.4. The van der Waals surface area contributed by atoms with E-state index in [-0.39, 0.29) is 31.4 Å². The highest BCUT2D eigenvalue weighted by molar-refractivity contribution is 7.92. The summed E-state index contributed by atoms with van der Waals surface area (Å²) in [5.41, 5.74) is 7.28. The molecule has 1 unspecified atom stereocenters. The Hall–Kier alpha value is -2.76. The summed E-state index contributed by atoms with van der Waals surface area (Å²) in [5, 5.41) is 3.63. The Morgan fingerprint density at radius 2 is 1.49 bits per heavy atom. The Morgan fingerprint density at radius 3 is 1.95 bits per heavy atom. The Morgan fingerprint density at radius 1 is 1.00 bits per heavy atom. The number of amides is 1. The normalized spacial score (nSPS) is 15.2. The van der Waals surface area contributed by atoms with Gasteiger partial charge < -0.3 is 11.1 Å². The van der Waals surface area contributed by atoms with E-state index in [1.54, 1.807) is 24.3 Å². The van der Waals surface area contributed by atoms with Gasteiger partial charge in [-0.05, 0) is 54.4 Å². The molecule has 1 aliphatic rings. The summed E-state index contributed by atoms with van der Waals surface area (Å²) in [5.74, 6) is -2.77. The van der Waals surface area contributed by atoms with Crippen LogP contribution in [0.3, 0.4) is 0 Å². The lowest BCUT2D eigenvalue weighted by molar-refractivity contribution is -0.121. The molecule has 7 nitrogen and oxygen atoms in total. The molecule has 1 saturated heterocycles. The Bertz CT molecular complexity index is 1350. The molecule has 1 heterocycles. The third-order valence-electron chi connectivity index (χ3n) is 6.43. The second-order valence-corrected chi connectivity index (χ2v) is 12.3. The van der Waals surface area contributed by atoms with Crippen LogP contribution in [-0.2, 0) is 14.8 Å². The first-order valence-corrected chi connectivity index (χ1v) is 14.6. The van der Waals surface area contributed by atoms with Crippen molar-refractivity contribution in [2.45, 2.75) is 25.0 Å². The minimum absolute atomic E-state index is 0.120. The number of halogens is 4. The average Bonchev–Trinajstić information content (AvgIpc) is 2.83. The molecule has 0 spiro atoms. The molecular weight excluding hydrogens is 569 g/mol. The van der Waals surface area contributed by atoms with E-state index in [4.69, 9.17) is 28.9 Å². The number of hydrogen-bond donors (Lipinski definition) is 2. The van der Waals surface area contributed by atoms with E-state index in [1.807, 2.05) is 24.3 Å². The van der Waals surface area contributed by atoms with Crippen LogP contribution in [0, 0.1) is 11.6 Å². The van der Waals surface area contributed by atoms with Gasteiger partial charge in [0.15, 0.2) is 0 Å². The standard InChI is InChI=1S/C27H28Cl2F2N4O3S/c1-17(32)27(36)33-10-11-39(37,38)35(24-13-22(30)12-23(31)14-24)25-15-34(16-25)26(18-2-6-20(28)7-3-18)19-4-8-21(29)9-5-19/h2-9,12-14,17,25-26H,10-11,15-16,32H2,1H3,(H,33,36). The van der Waals surface area contributed by atoms with Crippen LogP contribution in [0.25, 0.3) is 0 Å². The van der Waals surface area contributed by atoms with Crippen molar-refractivity contribution in [2.24, 2.45) is 5.73 Å². The fourth-order valence-corrected chi connectivity index (χ4v) is 6.40. The van der Waals surface area contributed by atoms with Gasteiger partial charge in [0, 0.05) is 35.7 Å². The fraction of sp³-hybridized carbons (Fsp3) is 0.296. The van der Waals surface area contributed by atoms with Crippen molar-refractivity contribution < 1.29 is 22.0 Å². The lowest BCUT2D eigenvalue weighted by Crippen LogP contribution is -2.62. The van der Waals surface area contributed by atoms with Crippen LogP contribution < -0.4 is 15.4 Å². The van der Waals surface area contributed by atoms with Gasteiger partial charge in [-0.2, -0.15) is 0 Å². The molecule has 3 aromatic carbocycles. The van der Waals surface area contributed by atoms with Gasteiger partial charge in [-0.1, -0.05) is 47.5 Å². The van der Waals surface area contributed by atoms with Gasteiger partial charge in [0.1, 0.15) is 11.6 Å². The Kier molecular flexibility index (Phi) is 9.13. The van der Waals surface area contributed by atoms with Crippen LogP contribution in [0.4, 0.5) is 14.5 Å². The van der Waals surface area contributed by atoms with Gasteiger partial charge in [0.05, 0.1) is 29.6 Å². The molecule has 0 aliphatic carbocycles. The molecule has 39 heavy (non-hydrogen) atoms. The van der Waals surface area contributed by atoms with E-state index < -0.39 is 45.4 Å². The summed E-state index contributed by atoms with van der Waals surface area (Å²) < 4.78 is 56.3. The third kappa shape index (κ3) is 7.06. The first kappa shape index (κ1) is 29.2. The summed E-state index contributed by atoms with van der Waals surface area (Å²) in [7, 11) is -4.10. The summed E-state index contributed by atoms with van der Waals surface area (Å²) in [4.78, 5) is 13.9. The topological polar surface area (TPSA) is 95.7 Å². The van der Waals surface area contributed by atoms with Crippen molar-refractivity contribution in [1.82, 2.24) is 10.2 Å². The van der Waals surface area contributed by atoms with Crippen LogP contribution in [0.15, 0.2) is 66.7 Å². The molecule has 0 saturated carbocycles. The molecule has 3 aromatic rings. The number of carbonyl (C=O) groups is 1. The molecule has 1 atom stereocenters. The zero-order chi connectivity index (χ0) is 28.3. The van der Waals surface area contributed by atoms with E-state index in [1.165, 1.54) is 6.92 Å². The van der Waals surface area contributed by atoms with E-state index in [2.05, 4.69) is 10.2 Å². The summed E-state index contributed by atoms with van der Waals surface area (Å²) in [6.45, 7) is 1.83. The van der Waals surface area contributed by atoms with Gasteiger partial charge in [0.2, 0.25) is 15.9 Å². The number of nitrogens with two attached hydrogens (primary N) is 1. The smallest absolute Gasteiger partial charge is 0.237 e. The molecule has 0 aromatic heterocycles. The number of nitrogens with zero attached hydrogens (tertiary/aromatic N) is 2. The van der Waals surface area contributed by atoms with Crippen molar-refractivity contribution >= 4 is 44.8 Å². The highest BCUT2D eigenvalue weighted by Gasteiger charge is 2.42. The summed E-state index contributed by atoms with van der Waals surface area (Å²) >= 11 is 12.2. The van der Waals surface area contributed by atoms with Gasteiger partial charge in [-0.15, -0.1) is 0 Å². The lowest BCUT2D eigenvalue weighted by atomic mass is 9.93. The highest BCUT2D eigenvalue weighted by atomic mass is 35.5. The monoisotopic (exact) mass is 596 g/mol. The predicted molar refractivity (Wildman–Crippen MR) is 149 cm³/mol. The molecule has 1 amide bonds. The quantitative estimate of drug-likeness (QED) is 0.363. The van der Waals surface area contributed by atoms with Crippen molar-refractivity contribution in [2.75, 3.05) is 29.7 Å². The number of likely N-dealkylation sites (tertiary alicyclic amines) is 1. The molecule has 208 valence electrons. The number of anilines is 1. The van der Waals surface area contributed by atoms with Crippen molar-refractivity contribution in [3.63, 3.8) is 0 Å². The molecule has 3 N–H and O–H groups in total. The maximum atomic E-state index is 14.2. The molecule has 1 aliphatic heterocycles. The van der Waals surface area contributed by atoms with Gasteiger partial charge in [0.25, 0.3) is 0 Å². The lowest BCUT2D eigenvalue weighted by Gasteiger charge is -2.49. The third-order valence-corrected chi connectivity index (χ3v) is 8.77. The Labute approximate surface area is 236 Å². The number of sulfonamides is 1. The zero-order valence-electron chi connectivity index (χ0n) is 21.0. The number of hydrogen-bond acceptors (Lipinski definition) is 5. The second kappa shape index (κ2) is 12.2. The Balaban J connectivity index is 1.62. The highest BCUT2D eigenvalue weighted by Crippen LogP contribution is 2.37. The van der Waals surface area contributed by atoms with Crippen LogP contribution in [-0.4, -0.2) is 56.7 Å². The largest absolute Gasteiger partial charge is 0.354 e. The minimum atomic E-state index is -4.10. The van der Waals surface area contributed by atoms with Gasteiger partial charge in [-0.25, -0.2) is 17.2 Å². The van der Waals surface area contributed by atoms with E-state index in [0.29, 0.717) is 16.1 Å². The maximum Gasteiger partial charge on any atom is 0.237 e. The molecule has 0 bridgehead atoms. The molecule has 1 fully saturated rings. The van der Waals surface area contributed by atoms with Gasteiger partial charge in [-0.3, -0.25) is 14.0 Å². The number of carbonyl (C=O) groups excluding carboxylic acids is 1.